The maximum absolute atomic E-state index is 14.6. The standard InChI is InChI=1S/C20H18F2N2O2S.C4H5NO.C2H6/c21-15-6-7-16(17(22)10-15)20-12-26-9-8-14(20)11-27-19(24-20)23-18(25)13-4-2-1-3-5-13;1-4-5-2-3-6-4;1-2/h1-7,10,14H,8-9,11-12H2,(H,23,24,25);2-3H,1H3;1-2H3. The van der Waals surface area contributed by atoms with Crippen molar-refractivity contribution in [1.82, 2.24) is 10.3 Å². The van der Waals surface area contributed by atoms with Gasteiger partial charge in [0.1, 0.15) is 23.4 Å². The molecule has 3 aromatic rings. The molecule has 0 spiro atoms. The first-order valence-electron chi connectivity index (χ1n) is 11.5. The van der Waals surface area contributed by atoms with Gasteiger partial charge in [-0.1, -0.05) is 49.9 Å². The Labute approximate surface area is 208 Å². The zero-order chi connectivity index (χ0) is 25.3. The molecule has 3 heterocycles. The largest absolute Gasteiger partial charge is 0.449 e. The highest BCUT2D eigenvalue weighted by Crippen LogP contribution is 2.45. The molecule has 2 aromatic carbocycles. The van der Waals surface area contributed by atoms with Crippen LogP contribution in [0.2, 0.25) is 0 Å². The zero-order valence-electron chi connectivity index (χ0n) is 20.0. The topological polar surface area (TPSA) is 76.7 Å². The van der Waals surface area contributed by atoms with E-state index in [4.69, 9.17) is 14.1 Å². The number of halogens is 2. The van der Waals surface area contributed by atoms with Crippen LogP contribution in [0, 0.1) is 24.5 Å². The number of aryl methyl sites for hydroxylation is 1. The van der Waals surface area contributed by atoms with Crippen LogP contribution < -0.4 is 5.32 Å². The van der Waals surface area contributed by atoms with E-state index in [1.807, 2.05) is 19.9 Å². The molecule has 2 unspecified atom stereocenters. The highest BCUT2D eigenvalue weighted by molar-refractivity contribution is 8.13. The molecule has 2 aliphatic heterocycles. The molecule has 1 saturated heterocycles. The number of oxazole rings is 1. The van der Waals surface area contributed by atoms with Crippen LogP contribution in [0.4, 0.5) is 8.78 Å². The van der Waals surface area contributed by atoms with Crippen molar-refractivity contribution < 1.29 is 22.7 Å². The number of aliphatic imine (C=N–C) groups is 1. The lowest BCUT2D eigenvalue weighted by atomic mass is 9.76. The van der Waals surface area contributed by atoms with Crippen LogP contribution in [0.15, 0.2) is 70.4 Å². The lowest BCUT2D eigenvalue weighted by molar-refractivity contribution is 0.00285. The number of amidine groups is 1. The number of aromatic nitrogens is 1. The molecule has 5 rings (SSSR count). The van der Waals surface area contributed by atoms with Crippen molar-refractivity contribution in [3.8, 4) is 0 Å². The molecule has 0 radical (unpaired) electrons. The van der Waals surface area contributed by atoms with Gasteiger partial charge in [-0.3, -0.25) is 4.79 Å². The average molecular weight is 502 g/mol. The second-order valence-corrected chi connectivity index (χ2v) is 8.69. The zero-order valence-corrected chi connectivity index (χ0v) is 20.8. The molecule has 6 nitrogen and oxygen atoms in total. The van der Waals surface area contributed by atoms with E-state index in [0.717, 1.165) is 18.4 Å². The van der Waals surface area contributed by atoms with E-state index in [-0.39, 0.29) is 18.4 Å². The second-order valence-electron chi connectivity index (χ2n) is 7.69. The molecule has 1 amide bonds. The summed E-state index contributed by atoms with van der Waals surface area (Å²) in [6.45, 7) is 6.59. The predicted molar refractivity (Wildman–Crippen MR) is 133 cm³/mol. The first-order valence-corrected chi connectivity index (χ1v) is 12.4. The third-order valence-electron chi connectivity index (χ3n) is 5.54. The number of fused-ring (bicyclic) bond motifs is 1. The molecule has 1 aromatic heterocycles. The summed E-state index contributed by atoms with van der Waals surface area (Å²) in [5.74, 6) is -0.105. The van der Waals surface area contributed by atoms with Crippen LogP contribution in [0.3, 0.4) is 0 Å². The first kappa shape index (κ1) is 26.6. The average Bonchev–Trinajstić information content (AvgIpc) is 3.36. The van der Waals surface area contributed by atoms with E-state index in [0.29, 0.717) is 28.7 Å². The minimum Gasteiger partial charge on any atom is -0.449 e. The van der Waals surface area contributed by atoms with Gasteiger partial charge >= 0.3 is 0 Å². The number of nitrogens with one attached hydrogen (secondary N) is 1. The molecule has 186 valence electrons. The van der Waals surface area contributed by atoms with Crippen LogP contribution in [0.1, 0.15) is 42.1 Å². The van der Waals surface area contributed by atoms with E-state index < -0.39 is 17.2 Å². The van der Waals surface area contributed by atoms with Gasteiger partial charge < -0.3 is 14.5 Å². The van der Waals surface area contributed by atoms with Gasteiger partial charge in [0.25, 0.3) is 5.91 Å². The number of hydrogen-bond donors (Lipinski definition) is 1. The van der Waals surface area contributed by atoms with Crippen LogP contribution in [-0.4, -0.2) is 35.0 Å². The maximum Gasteiger partial charge on any atom is 0.257 e. The van der Waals surface area contributed by atoms with Gasteiger partial charge in [0.05, 0.1) is 12.8 Å². The smallest absolute Gasteiger partial charge is 0.257 e. The lowest BCUT2D eigenvalue weighted by Gasteiger charge is -2.44. The summed E-state index contributed by atoms with van der Waals surface area (Å²) in [4.78, 5) is 20.9. The predicted octanol–water partition coefficient (Wildman–Crippen LogP) is 5.74. The SMILES string of the molecule is CC.Cc1ncco1.O=C(NC1=NC2(c3ccc(F)cc3F)COCCC2CS1)c1ccccc1. The number of amides is 1. The Kier molecular flexibility index (Phi) is 9.56. The summed E-state index contributed by atoms with van der Waals surface area (Å²) in [7, 11) is 0. The molecule has 0 bridgehead atoms. The van der Waals surface area contributed by atoms with E-state index in [1.54, 1.807) is 43.6 Å². The van der Waals surface area contributed by atoms with E-state index >= 15 is 0 Å². The molecule has 1 fully saturated rings. The summed E-state index contributed by atoms with van der Waals surface area (Å²) in [6, 6.07) is 12.4. The number of ether oxygens (including phenoxy) is 1. The van der Waals surface area contributed by atoms with Crippen molar-refractivity contribution in [1.29, 1.82) is 0 Å². The van der Waals surface area contributed by atoms with Gasteiger partial charge in [0, 0.05) is 42.4 Å². The fraction of sp³-hybridized carbons (Fsp3) is 0.346. The minimum atomic E-state index is -0.958. The number of nitrogens with zero attached hydrogens (tertiary/aromatic N) is 2. The number of carbonyl (C=O) groups is 1. The van der Waals surface area contributed by atoms with Gasteiger partial charge in [0.15, 0.2) is 11.1 Å². The molecular formula is C26H29F2N3O3S. The number of hydrogen-bond acceptors (Lipinski definition) is 6. The molecule has 0 aliphatic carbocycles. The summed E-state index contributed by atoms with van der Waals surface area (Å²) >= 11 is 1.44. The molecular weight excluding hydrogens is 472 g/mol. The normalized spacial score (nSPS) is 20.7. The summed E-state index contributed by atoms with van der Waals surface area (Å²) in [5.41, 5.74) is -0.134. The van der Waals surface area contributed by atoms with Gasteiger partial charge in [0.2, 0.25) is 0 Å². The number of benzene rings is 2. The third kappa shape index (κ3) is 6.55. The van der Waals surface area contributed by atoms with Crippen LogP contribution in [0.5, 0.6) is 0 Å². The van der Waals surface area contributed by atoms with Gasteiger partial charge in [-0.05, 0) is 24.6 Å². The summed E-state index contributed by atoms with van der Waals surface area (Å²) in [5, 5.41) is 3.24. The Balaban J connectivity index is 0.000000369. The fourth-order valence-electron chi connectivity index (χ4n) is 3.86. The van der Waals surface area contributed by atoms with Crippen molar-refractivity contribution in [3.05, 3.63) is 89.6 Å². The van der Waals surface area contributed by atoms with E-state index in [1.165, 1.54) is 23.9 Å². The molecule has 1 N–H and O–H groups in total. The fourth-order valence-corrected chi connectivity index (χ4v) is 5.06. The first-order chi connectivity index (χ1) is 17.0. The summed E-state index contributed by atoms with van der Waals surface area (Å²) in [6.07, 6.45) is 3.90. The van der Waals surface area contributed by atoms with Crippen LogP contribution in [0.25, 0.3) is 0 Å². The van der Waals surface area contributed by atoms with E-state index in [2.05, 4.69) is 10.3 Å². The highest BCUT2D eigenvalue weighted by atomic mass is 32.2. The third-order valence-corrected chi connectivity index (χ3v) is 6.58. The Hall–Kier alpha value is -3.04. The Morgan fingerprint density at radius 1 is 1.17 bits per heavy atom. The van der Waals surface area contributed by atoms with Gasteiger partial charge in [-0.2, -0.15) is 0 Å². The highest BCUT2D eigenvalue weighted by Gasteiger charge is 2.47. The van der Waals surface area contributed by atoms with Gasteiger partial charge in [-0.15, -0.1) is 0 Å². The van der Waals surface area contributed by atoms with Crippen LogP contribution in [-0.2, 0) is 10.3 Å². The number of rotatable bonds is 2. The second kappa shape index (κ2) is 12.6. The molecule has 35 heavy (non-hydrogen) atoms. The van der Waals surface area contributed by atoms with Crippen molar-refractivity contribution in [3.63, 3.8) is 0 Å². The van der Waals surface area contributed by atoms with Crippen LogP contribution >= 0.6 is 11.8 Å². The van der Waals surface area contributed by atoms with Crippen molar-refractivity contribution >= 4 is 22.8 Å². The molecule has 0 saturated carbocycles. The molecule has 9 heteroatoms. The Morgan fingerprint density at radius 3 is 2.57 bits per heavy atom. The maximum atomic E-state index is 14.6. The Morgan fingerprint density at radius 2 is 1.94 bits per heavy atom. The number of carbonyl (C=O) groups excluding carboxylic acids is 1. The molecule has 2 aliphatic rings. The van der Waals surface area contributed by atoms with E-state index in [9.17, 15) is 13.6 Å². The quantitative estimate of drug-likeness (QED) is 0.485. The monoisotopic (exact) mass is 501 g/mol. The van der Waals surface area contributed by atoms with Gasteiger partial charge in [-0.25, -0.2) is 18.8 Å². The summed E-state index contributed by atoms with van der Waals surface area (Å²) < 4.78 is 38.4. The minimum absolute atomic E-state index is 0.0496. The number of thioether (sulfide) groups is 1. The van der Waals surface area contributed by atoms with Crippen molar-refractivity contribution in [2.24, 2.45) is 10.9 Å². The molecule has 2 atom stereocenters. The van der Waals surface area contributed by atoms with Crippen molar-refractivity contribution in [2.45, 2.75) is 32.7 Å². The van der Waals surface area contributed by atoms with Crippen molar-refractivity contribution in [2.75, 3.05) is 19.0 Å². The Bertz CT molecular complexity index is 1130. The lowest BCUT2D eigenvalue weighted by Crippen LogP contribution is -2.49.